The van der Waals surface area contributed by atoms with Crippen LogP contribution in [0.3, 0.4) is 0 Å². The van der Waals surface area contributed by atoms with Crippen molar-refractivity contribution in [3.05, 3.63) is 53.6 Å². The van der Waals surface area contributed by atoms with E-state index in [4.69, 9.17) is 17.3 Å². The number of nitrogen functional groups attached to an aromatic ring is 1. The van der Waals surface area contributed by atoms with E-state index >= 15 is 0 Å². The van der Waals surface area contributed by atoms with E-state index in [2.05, 4.69) is 5.32 Å². The quantitative estimate of drug-likeness (QED) is 0.662. The Labute approximate surface area is 127 Å². The Kier molecular flexibility index (Phi) is 4.93. The number of carbonyl (C=O) groups is 1. The third-order valence-corrected chi connectivity index (χ3v) is 4.04. The number of amides is 1. The molecule has 5 heteroatoms. The van der Waals surface area contributed by atoms with Crippen LogP contribution in [0.2, 0.25) is 5.02 Å². The molecule has 0 aliphatic carbocycles. The number of benzene rings is 2. The van der Waals surface area contributed by atoms with Gasteiger partial charge in [0.25, 0.3) is 0 Å². The number of carbonyl (C=O) groups excluding carboxylic acids is 1. The second-order valence-electron chi connectivity index (χ2n) is 4.29. The van der Waals surface area contributed by atoms with Gasteiger partial charge in [0.05, 0.1) is 16.6 Å². The van der Waals surface area contributed by atoms with Crippen molar-refractivity contribution < 1.29 is 4.79 Å². The highest BCUT2D eigenvalue weighted by atomic mass is 35.5. The average Bonchev–Trinajstić information content (AvgIpc) is 2.43. The minimum absolute atomic E-state index is 0.0899. The lowest BCUT2D eigenvalue weighted by atomic mass is 10.2. The molecular weight excluding hydrogens is 292 g/mol. The summed E-state index contributed by atoms with van der Waals surface area (Å²) in [6.07, 6.45) is 0. The van der Waals surface area contributed by atoms with Crippen molar-refractivity contribution in [1.82, 2.24) is 0 Å². The zero-order chi connectivity index (χ0) is 14.5. The van der Waals surface area contributed by atoms with Crippen LogP contribution in [-0.4, -0.2) is 11.2 Å². The first-order valence-electron chi connectivity index (χ1n) is 6.14. The molecule has 3 N–H and O–H groups in total. The molecule has 0 heterocycles. The average molecular weight is 307 g/mol. The third kappa shape index (κ3) is 3.92. The van der Waals surface area contributed by atoms with Gasteiger partial charge in [-0.1, -0.05) is 29.8 Å². The Morgan fingerprint density at radius 2 is 1.95 bits per heavy atom. The van der Waals surface area contributed by atoms with Crippen LogP contribution in [0.15, 0.2) is 53.4 Å². The van der Waals surface area contributed by atoms with Crippen molar-refractivity contribution >= 4 is 40.6 Å². The van der Waals surface area contributed by atoms with Crippen LogP contribution in [0, 0.1) is 0 Å². The molecule has 1 unspecified atom stereocenters. The SMILES string of the molecule is CC(Sc1ccccc1)C(=O)Nc1ccc(Cl)cc1N. The summed E-state index contributed by atoms with van der Waals surface area (Å²) < 4.78 is 0. The highest BCUT2D eigenvalue weighted by Crippen LogP contribution is 2.26. The van der Waals surface area contributed by atoms with Gasteiger partial charge in [0, 0.05) is 9.92 Å². The number of anilines is 2. The van der Waals surface area contributed by atoms with Crippen LogP contribution >= 0.6 is 23.4 Å². The minimum atomic E-state index is -0.215. The normalized spacial score (nSPS) is 11.9. The molecule has 20 heavy (non-hydrogen) atoms. The standard InChI is InChI=1S/C15H15ClN2OS/c1-10(20-12-5-3-2-4-6-12)15(19)18-14-8-7-11(16)9-13(14)17/h2-10H,17H2,1H3,(H,18,19). The molecule has 0 aliphatic heterocycles. The number of hydrogen-bond acceptors (Lipinski definition) is 3. The molecule has 0 aromatic heterocycles. The molecule has 0 fully saturated rings. The molecule has 0 radical (unpaired) electrons. The highest BCUT2D eigenvalue weighted by Gasteiger charge is 2.15. The summed E-state index contributed by atoms with van der Waals surface area (Å²) in [6.45, 7) is 1.86. The van der Waals surface area contributed by atoms with E-state index in [0.717, 1.165) is 4.90 Å². The summed E-state index contributed by atoms with van der Waals surface area (Å²) in [6, 6.07) is 14.8. The van der Waals surface area contributed by atoms with Gasteiger partial charge in [0.15, 0.2) is 0 Å². The predicted octanol–water partition coefficient (Wildman–Crippen LogP) is 4.04. The molecule has 1 amide bonds. The zero-order valence-corrected chi connectivity index (χ0v) is 12.5. The Morgan fingerprint density at radius 1 is 1.25 bits per heavy atom. The van der Waals surface area contributed by atoms with E-state index in [0.29, 0.717) is 16.4 Å². The summed E-state index contributed by atoms with van der Waals surface area (Å²) in [5.41, 5.74) is 6.86. The predicted molar refractivity (Wildman–Crippen MR) is 86.3 cm³/mol. The molecule has 2 aromatic rings. The highest BCUT2D eigenvalue weighted by molar-refractivity contribution is 8.00. The van der Waals surface area contributed by atoms with E-state index in [9.17, 15) is 4.79 Å². The van der Waals surface area contributed by atoms with Crippen LogP contribution in [-0.2, 0) is 4.79 Å². The molecule has 0 spiro atoms. The smallest absolute Gasteiger partial charge is 0.237 e. The lowest BCUT2D eigenvalue weighted by molar-refractivity contribution is -0.115. The number of thioether (sulfide) groups is 1. The second kappa shape index (κ2) is 6.68. The van der Waals surface area contributed by atoms with Gasteiger partial charge in [-0.15, -0.1) is 11.8 Å². The van der Waals surface area contributed by atoms with Crippen molar-refractivity contribution in [1.29, 1.82) is 0 Å². The fraction of sp³-hybridized carbons (Fsp3) is 0.133. The van der Waals surface area contributed by atoms with Crippen molar-refractivity contribution in [3.8, 4) is 0 Å². The Morgan fingerprint density at radius 3 is 2.60 bits per heavy atom. The fourth-order valence-electron chi connectivity index (χ4n) is 1.64. The van der Waals surface area contributed by atoms with Crippen molar-refractivity contribution in [2.75, 3.05) is 11.1 Å². The van der Waals surface area contributed by atoms with Crippen LogP contribution < -0.4 is 11.1 Å². The molecule has 3 nitrogen and oxygen atoms in total. The molecule has 0 saturated carbocycles. The number of nitrogens with two attached hydrogens (primary N) is 1. The minimum Gasteiger partial charge on any atom is -0.397 e. The number of halogens is 1. The molecule has 0 aliphatic rings. The van der Waals surface area contributed by atoms with Gasteiger partial charge >= 0.3 is 0 Å². The molecule has 0 saturated heterocycles. The molecule has 1 atom stereocenters. The zero-order valence-electron chi connectivity index (χ0n) is 11.0. The monoisotopic (exact) mass is 306 g/mol. The van der Waals surface area contributed by atoms with Gasteiger partial charge in [-0.2, -0.15) is 0 Å². The third-order valence-electron chi connectivity index (χ3n) is 2.70. The first-order valence-corrected chi connectivity index (χ1v) is 7.39. The maximum Gasteiger partial charge on any atom is 0.237 e. The van der Waals surface area contributed by atoms with Crippen molar-refractivity contribution in [3.63, 3.8) is 0 Å². The molecule has 0 bridgehead atoms. The lowest BCUT2D eigenvalue weighted by Gasteiger charge is -2.13. The summed E-state index contributed by atoms with van der Waals surface area (Å²) in [5.74, 6) is -0.0899. The fourth-order valence-corrected chi connectivity index (χ4v) is 2.71. The van der Waals surface area contributed by atoms with E-state index in [1.807, 2.05) is 37.3 Å². The van der Waals surface area contributed by atoms with E-state index in [1.165, 1.54) is 11.8 Å². The number of nitrogens with one attached hydrogen (secondary N) is 1. The number of rotatable bonds is 4. The second-order valence-corrected chi connectivity index (χ2v) is 6.14. The van der Waals surface area contributed by atoms with E-state index in [1.54, 1.807) is 18.2 Å². The first-order chi connectivity index (χ1) is 9.56. The maximum atomic E-state index is 12.1. The van der Waals surface area contributed by atoms with Gasteiger partial charge in [0.2, 0.25) is 5.91 Å². The van der Waals surface area contributed by atoms with Gasteiger partial charge < -0.3 is 11.1 Å². The number of hydrogen-bond donors (Lipinski definition) is 2. The van der Waals surface area contributed by atoms with E-state index < -0.39 is 0 Å². The van der Waals surface area contributed by atoms with Gasteiger partial charge in [0.1, 0.15) is 0 Å². The Balaban J connectivity index is 2.01. The maximum absolute atomic E-state index is 12.1. The molecule has 2 aromatic carbocycles. The van der Waals surface area contributed by atoms with Crippen LogP contribution in [0.5, 0.6) is 0 Å². The van der Waals surface area contributed by atoms with E-state index in [-0.39, 0.29) is 11.2 Å². The van der Waals surface area contributed by atoms with Gasteiger partial charge in [-0.3, -0.25) is 4.79 Å². The Bertz CT molecular complexity index is 604. The Hall–Kier alpha value is -1.65. The largest absolute Gasteiger partial charge is 0.397 e. The molecule has 2 rings (SSSR count). The molecule has 104 valence electrons. The van der Waals surface area contributed by atoms with Crippen molar-refractivity contribution in [2.45, 2.75) is 17.1 Å². The van der Waals surface area contributed by atoms with Gasteiger partial charge in [-0.05, 0) is 37.3 Å². The summed E-state index contributed by atoms with van der Waals surface area (Å²) in [5, 5.41) is 3.15. The van der Waals surface area contributed by atoms with Gasteiger partial charge in [-0.25, -0.2) is 0 Å². The summed E-state index contributed by atoms with van der Waals surface area (Å²) in [7, 11) is 0. The van der Waals surface area contributed by atoms with Crippen LogP contribution in [0.4, 0.5) is 11.4 Å². The molecular formula is C15H15ClN2OS. The van der Waals surface area contributed by atoms with Crippen LogP contribution in [0.25, 0.3) is 0 Å². The first kappa shape index (κ1) is 14.8. The topological polar surface area (TPSA) is 55.1 Å². The lowest BCUT2D eigenvalue weighted by Crippen LogP contribution is -2.22. The summed E-state index contributed by atoms with van der Waals surface area (Å²) >= 11 is 7.33. The van der Waals surface area contributed by atoms with Crippen molar-refractivity contribution in [2.24, 2.45) is 0 Å². The summed E-state index contributed by atoms with van der Waals surface area (Å²) in [4.78, 5) is 13.2. The van der Waals surface area contributed by atoms with Crippen LogP contribution in [0.1, 0.15) is 6.92 Å².